The predicted molar refractivity (Wildman–Crippen MR) is 71.7 cm³/mol. The Morgan fingerprint density at radius 3 is 2.67 bits per heavy atom. The normalized spacial score (nSPS) is 13.5. The van der Waals surface area contributed by atoms with Crippen molar-refractivity contribution in [1.29, 1.82) is 0 Å². The van der Waals surface area contributed by atoms with Gasteiger partial charge in [0, 0.05) is 6.54 Å². The Kier molecular flexibility index (Phi) is 5.13. The molecule has 0 spiro atoms. The molecule has 0 fully saturated rings. The molecule has 1 rings (SSSR count). The fraction of sp³-hybridized carbons (Fsp3) is 0.500. The van der Waals surface area contributed by atoms with Crippen molar-refractivity contribution in [2.75, 3.05) is 12.3 Å². The second-order valence-electron chi connectivity index (χ2n) is 4.24. The molecule has 0 saturated heterocycles. The van der Waals surface area contributed by atoms with E-state index in [1.807, 2.05) is 6.92 Å². The van der Waals surface area contributed by atoms with E-state index in [2.05, 4.69) is 4.72 Å². The van der Waals surface area contributed by atoms with Crippen LogP contribution in [0.15, 0.2) is 23.1 Å². The maximum absolute atomic E-state index is 12.1. The molecule has 0 bridgehead atoms. The van der Waals surface area contributed by atoms with Crippen LogP contribution in [0.3, 0.4) is 0 Å². The van der Waals surface area contributed by atoms with Crippen molar-refractivity contribution in [2.45, 2.75) is 37.7 Å². The Hall–Kier alpha value is -1.11. The van der Waals surface area contributed by atoms with Gasteiger partial charge in [-0.3, -0.25) is 0 Å². The highest BCUT2D eigenvalue weighted by atomic mass is 32.2. The van der Waals surface area contributed by atoms with Gasteiger partial charge in [0.2, 0.25) is 10.0 Å². The lowest BCUT2D eigenvalue weighted by molar-refractivity contribution is 0.162. The number of nitrogens with one attached hydrogen (secondary N) is 1. The molecule has 1 aromatic rings. The van der Waals surface area contributed by atoms with E-state index in [1.54, 1.807) is 25.1 Å². The number of sulfonamides is 1. The fourth-order valence-corrected chi connectivity index (χ4v) is 3.08. The van der Waals surface area contributed by atoms with E-state index in [1.165, 1.54) is 0 Å². The van der Waals surface area contributed by atoms with Crippen LogP contribution in [-0.4, -0.2) is 26.2 Å². The minimum Gasteiger partial charge on any atom is -0.398 e. The molecule has 0 saturated carbocycles. The van der Waals surface area contributed by atoms with E-state index >= 15 is 0 Å². The summed E-state index contributed by atoms with van der Waals surface area (Å²) in [5.74, 6) is 0. The van der Waals surface area contributed by atoms with Gasteiger partial charge in [-0.1, -0.05) is 19.1 Å². The van der Waals surface area contributed by atoms with Gasteiger partial charge in [-0.2, -0.15) is 0 Å². The first kappa shape index (κ1) is 14.9. The zero-order chi connectivity index (χ0) is 13.8. The van der Waals surface area contributed by atoms with Crippen molar-refractivity contribution in [3.05, 3.63) is 23.8 Å². The highest BCUT2D eigenvalue weighted by molar-refractivity contribution is 7.89. The number of aliphatic hydroxyl groups is 1. The van der Waals surface area contributed by atoms with E-state index in [0.717, 1.165) is 0 Å². The molecule has 4 N–H and O–H groups in total. The number of nitrogen functional groups attached to an aromatic ring is 1. The molecule has 1 aromatic carbocycles. The van der Waals surface area contributed by atoms with E-state index < -0.39 is 16.1 Å². The van der Waals surface area contributed by atoms with Crippen LogP contribution in [0.4, 0.5) is 5.69 Å². The Morgan fingerprint density at radius 2 is 2.11 bits per heavy atom. The summed E-state index contributed by atoms with van der Waals surface area (Å²) in [4.78, 5) is 0.121. The van der Waals surface area contributed by atoms with Crippen LogP contribution in [0, 0.1) is 6.92 Å². The van der Waals surface area contributed by atoms with Crippen LogP contribution in [-0.2, 0) is 10.0 Å². The summed E-state index contributed by atoms with van der Waals surface area (Å²) in [5.41, 5.74) is 6.54. The van der Waals surface area contributed by atoms with Crippen LogP contribution < -0.4 is 10.5 Å². The fourth-order valence-electron chi connectivity index (χ4n) is 1.68. The summed E-state index contributed by atoms with van der Waals surface area (Å²) in [6.45, 7) is 3.75. The van der Waals surface area contributed by atoms with Gasteiger partial charge in [0.15, 0.2) is 0 Å². The molecule has 0 aliphatic carbocycles. The smallest absolute Gasteiger partial charge is 0.242 e. The monoisotopic (exact) mass is 272 g/mol. The van der Waals surface area contributed by atoms with Crippen molar-refractivity contribution in [3.8, 4) is 0 Å². The lowest BCUT2D eigenvalue weighted by Crippen LogP contribution is -2.28. The van der Waals surface area contributed by atoms with Crippen LogP contribution in [0.25, 0.3) is 0 Å². The zero-order valence-corrected chi connectivity index (χ0v) is 11.5. The number of rotatable bonds is 6. The topological polar surface area (TPSA) is 92.4 Å². The Labute approximate surface area is 108 Å². The summed E-state index contributed by atoms with van der Waals surface area (Å²) in [6.07, 6.45) is 0.511. The first-order valence-corrected chi connectivity index (χ1v) is 7.39. The molecule has 18 heavy (non-hydrogen) atoms. The quantitative estimate of drug-likeness (QED) is 0.674. The van der Waals surface area contributed by atoms with Crippen molar-refractivity contribution in [3.63, 3.8) is 0 Å². The SMILES string of the molecule is CCC(O)CCNS(=O)(=O)c1c(C)cccc1N. The molecule has 0 aliphatic rings. The van der Waals surface area contributed by atoms with Gasteiger partial charge < -0.3 is 10.8 Å². The molecule has 0 radical (unpaired) electrons. The third-order valence-electron chi connectivity index (χ3n) is 2.75. The largest absolute Gasteiger partial charge is 0.398 e. The van der Waals surface area contributed by atoms with Gasteiger partial charge in [0.05, 0.1) is 11.8 Å². The molecule has 0 aromatic heterocycles. The Balaban J connectivity index is 2.81. The Morgan fingerprint density at radius 1 is 1.44 bits per heavy atom. The first-order valence-electron chi connectivity index (χ1n) is 5.91. The average molecular weight is 272 g/mol. The minimum atomic E-state index is -3.61. The van der Waals surface area contributed by atoms with Crippen molar-refractivity contribution in [2.24, 2.45) is 0 Å². The van der Waals surface area contributed by atoms with Gasteiger partial charge >= 0.3 is 0 Å². The van der Waals surface area contributed by atoms with Crippen molar-refractivity contribution < 1.29 is 13.5 Å². The van der Waals surface area contributed by atoms with Crippen LogP contribution in [0.5, 0.6) is 0 Å². The molecule has 0 amide bonds. The first-order chi connectivity index (χ1) is 8.38. The third-order valence-corrected chi connectivity index (χ3v) is 4.43. The average Bonchev–Trinajstić information content (AvgIpc) is 2.27. The summed E-state index contributed by atoms with van der Waals surface area (Å²) in [5, 5.41) is 9.37. The Bertz CT molecular complexity index is 480. The molecule has 1 atom stereocenters. The third kappa shape index (κ3) is 3.69. The number of aryl methyl sites for hydroxylation is 1. The molecule has 5 nitrogen and oxygen atoms in total. The number of benzene rings is 1. The highest BCUT2D eigenvalue weighted by Gasteiger charge is 2.19. The van der Waals surface area contributed by atoms with Crippen LogP contribution in [0.1, 0.15) is 25.3 Å². The standard InChI is InChI=1S/C12H20N2O3S/c1-3-10(15)7-8-14-18(16,17)12-9(2)5-4-6-11(12)13/h4-6,10,14-15H,3,7-8,13H2,1-2H3. The predicted octanol–water partition coefficient (Wildman–Crippen LogP) is 1.02. The molecule has 102 valence electrons. The van der Waals surface area contributed by atoms with Gasteiger partial charge in [0.25, 0.3) is 0 Å². The minimum absolute atomic E-state index is 0.121. The lowest BCUT2D eigenvalue weighted by Gasteiger charge is -2.12. The number of aliphatic hydroxyl groups excluding tert-OH is 1. The lowest BCUT2D eigenvalue weighted by atomic mass is 10.2. The molecule has 6 heteroatoms. The number of hydrogen-bond acceptors (Lipinski definition) is 4. The van der Waals surface area contributed by atoms with Crippen LogP contribution in [0.2, 0.25) is 0 Å². The van der Waals surface area contributed by atoms with E-state index in [0.29, 0.717) is 18.4 Å². The summed E-state index contributed by atoms with van der Waals surface area (Å²) in [6, 6.07) is 4.97. The van der Waals surface area contributed by atoms with Gasteiger partial charge in [-0.15, -0.1) is 0 Å². The summed E-state index contributed by atoms with van der Waals surface area (Å²) in [7, 11) is -3.61. The molecule has 0 aliphatic heterocycles. The molecular formula is C12H20N2O3S. The summed E-state index contributed by atoms with van der Waals surface area (Å²) < 4.78 is 26.6. The van der Waals surface area contributed by atoms with Crippen molar-refractivity contribution in [1.82, 2.24) is 4.72 Å². The van der Waals surface area contributed by atoms with Gasteiger partial charge in [-0.05, 0) is 31.4 Å². The van der Waals surface area contributed by atoms with Gasteiger partial charge in [0.1, 0.15) is 4.90 Å². The number of nitrogens with two attached hydrogens (primary N) is 1. The second kappa shape index (κ2) is 6.17. The van der Waals surface area contributed by atoms with E-state index in [-0.39, 0.29) is 17.1 Å². The molecule has 0 heterocycles. The summed E-state index contributed by atoms with van der Waals surface area (Å²) >= 11 is 0. The number of anilines is 1. The van der Waals surface area contributed by atoms with Crippen molar-refractivity contribution >= 4 is 15.7 Å². The van der Waals surface area contributed by atoms with Crippen LogP contribution >= 0.6 is 0 Å². The van der Waals surface area contributed by atoms with Gasteiger partial charge in [-0.25, -0.2) is 13.1 Å². The van der Waals surface area contributed by atoms with E-state index in [9.17, 15) is 13.5 Å². The highest BCUT2D eigenvalue weighted by Crippen LogP contribution is 2.21. The molecule has 1 unspecified atom stereocenters. The second-order valence-corrected chi connectivity index (χ2v) is 5.95. The van der Waals surface area contributed by atoms with E-state index in [4.69, 9.17) is 5.73 Å². The molecular weight excluding hydrogens is 252 g/mol. The maximum Gasteiger partial charge on any atom is 0.242 e. The maximum atomic E-state index is 12.1. The zero-order valence-electron chi connectivity index (χ0n) is 10.7. The number of hydrogen-bond donors (Lipinski definition) is 3.